The van der Waals surface area contributed by atoms with Gasteiger partial charge in [-0.2, -0.15) is 18.3 Å². The number of halogens is 4. The molecule has 2 amide bonds. The van der Waals surface area contributed by atoms with Gasteiger partial charge in [0.1, 0.15) is 0 Å². The summed E-state index contributed by atoms with van der Waals surface area (Å²) in [6, 6.07) is 7.88. The quantitative estimate of drug-likeness (QED) is 0.421. The number of hydrogen-bond acceptors (Lipinski definition) is 6. The van der Waals surface area contributed by atoms with Crippen molar-refractivity contribution in [3.63, 3.8) is 0 Å². The first kappa shape index (κ1) is 24.8. The summed E-state index contributed by atoms with van der Waals surface area (Å²) < 4.78 is 41.6. The molecule has 3 heterocycles. The molecule has 0 radical (unpaired) electrons. The predicted molar refractivity (Wildman–Crippen MR) is 130 cm³/mol. The van der Waals surface area contributed by atoms with E-state index in [2.05, 4.69) is 15.5 Å². The lowest BCUT2D eigenvalue weighted by Crippen LogP contribution is -2.54. The highest BCUT2D eigenvalue weighted by molar-refractivity contribution is 8.18. The number of aliphatic hydroxyl groups excluding tert-OH is 1. The number of imide groups is 1. The maximum Gasteiger partial charge on any atom is 0.416 e. The third kappa shape index (κ3) is 4.63. The van der Waals surface area contributed by atoms with Crippen LogP contribution in [0.15, 0.2) is 47.5 Å². The molecule has 0 unspecified atom stereocenters. The van der Waals surface area contributed by atoms with Crippen LogP contribution in [0.25, 0.3) is 16.5 Å². The second-order valence-electron chi connectivity index (χ2n) is 8.63. The van der Waals surface area contributed by atoms with Gasteiger partial charge in [0.15, 0.2) is 0 Å². The number of fused-ring (bicyclic) bond motifs is 1. The predicted octanol–water partition coefficient (Wildman–Crippen LogP) is 4.61. The number of nitrogens with one attached hydrogen (secondary N) is 2. The highest BCUT2D eigenvalue weighted by Crippen LogP contribution is 2.42. The summed E-state index contributed by atoms with van der Waals surface area (Å²) in [4.78, 5) is 27.6. The fourth-order valence-electron chi connectivity index (χ4n) is 4.58. The molecule has 188 valence electrons. The van der Waals surface area contributed by atoms with Gasteiger partial charge in [-0.1, -0.05) is 23.7 Å². The van der Waals surface area contributed by atoms with E-state index < -0.39 is 35.0 Å². The van der Waals surface area contributed by atoms with Crippen molar-refractivity contribution in [2.45, 2.75) is 31.2 Å². The van der Waals surface area contributed by atoms with Crippen LogP contribution in [-0.4, -0.2) is 56.6 Å². The zero-order valence-electron chi connectivity index (χ0n) is 18.6. The van der Waals surface area contributed by atoms with Crippen LogP contribution in [0.1, 0.15) is 23.1 Å². The average molecular weight is 537 g/mol. The number of nitrogens with zero attached hydrogens (tertiary/aromatic N) is 2. The molecule has 0 saturated carbocycles. The van der Waals surface area contributed by atoms with Crippen LogP contribution < -0.4 is 5.32 Å². The third-order valence-electron chi connectivity index (χ3n) is 6.35. The fraction of sp³-hybridized carbons (Fsp3) is 0.292. The molecule has 3 N–H and O–H groups in total. The Morgan fingerprint density at radius 1 is 1.22 bits per heavy atom. The highest BCUT2D eigenvalue weighted by atomic mass is 35.5. The minimum absolute atomic E-state index is 0.0386. The van der Waals surface area contributed by atoms with E-state index in [9.17, 15) is 27.9 Å². The van der Waals surface area contributed by atoms with Gasteiger partial charge in [-0.05, 0) is 72.1 Å². The molecule has 2 atom stereocenters. The second kappa shape index (κ2) is 9.55. The van der Waals surface area contributed by atoms with Gasteiger partial charge >= 0.3 is 6.18 Å². The van der Waals surface area contributed by atoms with Crippen LogP contribution >= 0.6 is 23.4 Å². The van der Waals surface area contributed by atoms with Crippen LogP contribution in [0.5, 0.6) is 0 Å². The molecule has 2 fully saturated rings. The Labute approximate surface area is 212 Å². The number of thioether (sulfide) groups is 1. The van der Waals surface area contributed by atoms with E-state index in [-0.39, 0.29) is 34.0 Å². The van der Waals surface area contributed by atoms with Gasteiger partial charge in [-0.15, -0.1) is 0 Å². The Morgan fingerprint density at radius 2 is 2.03 bits per heavy atom. The summed E-state index contributed by atoms with van der Waals surface area (Å²) in [6.07, 6.45) is -3.93. The first-order chi connectivity index (χ1) is 17.1. The maximum atomic E-state index is 13.9. The number of aromatic nitrogens is 2. The number of hydrogen-bond donors (Lipinski definition) is 3. The second-order valence-corrected chi connectivity index (χ2v) is 10.0. The molecular formula is C24H20ClF3N4O3S. The Bertz CT molecular complexity index is 1390. The zero-order chi connectivity index (χ0) is 25.6. The topological polar surface area (TPSA) is 98.3 Å². The Kier molecular flexibility index (Phi) is 6.58. The van der Waals surface area contributed by atoms with Crippen molar-refractivity contribution in [2.75, 3.05) is 13.1 Å². The molecule has 12 heteroatoms. The Hall–Kier alpha value is -2.86. The number of carbonyl (C=O) groups is 2. The van der Waals surface area contributed by atoms with E-state index in [1.54, 1.807) is 24.4 Å². The van der Waals surface area contributed by atoms with Crippen molar-refractivity contribution in [1.82, 2.24) is 20.4 Å². The standard InChI is InChI=1S/C24H20ClF3N4O3S/c25-15-3-1-13(17(9-15)24(26,27)28)8-16(12-2-4-18-14(7-12)10-30-31-18)21-22(34)32(23(35)36-21)19-5-6-29-11-20(19)33/h1-4,7,9-10,19-20,29,33H,5-6,8,11H2,(H,30,31)/b21-16-/t19-,20-/m0/s1. The van der Waals surface area contributed by atoms with Gasteiger partial charge in [0.05, 0.1) is 34.3 Å². The molecule has 0 aliphatic carbocycles. The van der Waals surface area contributed by atoms with Crippen molar-refractivity contribution in [2.24, 2.45) is 0 Å². The van der Waals surface area contributed by atoms with Crippen LogP contribution in [0.4, 0.5) is 18.0 Å². The lowest BCUT2D eigenvalue weighted by molar-refractivity contribution is -0.138. The number of aromatic amines is 1. The molecule has 2 aromatic carbocycles. The van der Waals surface area contributed by atoms with Gasteiger partial charge in [-0.25, -0.2) is 0 Å². The van der Waals surface area contributed by atoms with Crippen LogP contribution in [-0.2, 0) is 17.4 Å². The first-order valence-electron chi connectivity index (χ1n) is 11.1. The molecule has 5 rings (SSSR count). The van der Waals surface area contributed by atoms with Crippen LogP contribution in [0.3, 0.4) is 0 Å². The Morgan fingerprint density at radius 3 is 2.78 bits per heavy atom. The summed E-state index contributed by atoms with van der Waals surface area (Å²) in [5.74, 6) is -0.624. The molecule has 2 aliphatic rings. The molecule has 0 bridgehead atoms. The minimum Gasteiger partial charge on any atom is -0.390 e. The number of amides is 2. The largest absolute Gasteiger partial charge is 0.416 e. The Balaban J connectivity index is 1.64. The molecule has 3 aromatic rings. The zero-order valence-corrected chi connectivity index (χ0v) is 20.2. The van der Waals surface area contributed by atoms with Crippen LogP contribution in [0.2, 0.25) is 5.02 Å². The van der Waals surface area contributed by atoms with E-state index in [1.165, 1.54) is 12.1 Å². The number of allylic oxidation sites excluding steroid dienone is 1. The highest BCUT2D eigenvalue weighted by Gasteiger charge is 2.44. The fourth-order valence-corrected chi connectivity index (χ4v) is 5.74. The van der Waals surface area contributed by atoms with Crippen LogP contribution in [0, 0.1) is 0 Å². The van der Waals surface area contributed by atoms with E-state index in [4.69, 9.17) is 11.6 Å². The van der Waals surface area contributed by atoms with Crippen molar-refractivity contribution >= 4 is 51.0 Å². The van der Waals surface area contributed by atoms with Gasteiger partial charge in [0.2, 0.25) is 0 Å². The number of H-pyrrole nitrogens is 1. The average Bonchev–Trinajstić information content (AvgIpc) is 3.41. The van der Waals surface area contributed by atoms with Crippen molar-refractivity contribution in [3.8, 4) is 0 Å². The number of carbonyl (C=O) groups excluding carboxylic acids is 2. The van der Waals surface area contributed by atoms with E-state index in [0.717, 1.165) is 11.0 Å². The summed E-state index contributed by atoms with van der Waals surface area (Å²) in [6.45, 7) is 0.751. The molecule has 36 heavy (non-hydrogen) atoms. The summed E-state index contributed by atoms with van der Waals surface area (Å²) in [7, 11) is 0. The molecule has 1 aromatic heterocycles. The van der Waals surface area contributed by atoms with Gasteiger partial charge in [0.25, 0.3) is 11.1 Å². The van der Waals surface area contributed by atoms with Gasteiger partial charge < -0.3 is 10.4 Å². The molecule has 0 spiro atoms. The van der Waals surface area contributed by atoms with Gasteiger partial charge in [0, 0.05) is 17.0 Å². The SMILES string of the molecule is O=C1S/C(=C(/Cc2ccc(Cl)cc2C(F)(F)F)c2ccc3[nH]ncc3c2)C(=O)N1[C@H]1CCNC[C@@H]1O. The lowest BCUT2D eigenvalue weighted by atomic mass is 9.93. The number of benzene rings is 2. The normalized spacial score (nSPS) is 22.5. The van der Waals surface area contributed by atoms with E-state index in [0.29, 0.717) is 41.2 Å². The van der Waals surface area contributed by atoms with E-state index in [1.807, 2.05) is 0 Å². The molecule has 2 aliphatic heterocycles. The van der Waals surface area contributed by atoms with Crippen molar-refractivity contribution < 1.29 is 27.9 Å². The monoisotopic (exact) mass is 536 g/mol. The number of β-amino-alcohol motifs (C(OH)–C–C–N with tert-alkyl or cyclic N) is 1. The van der Waals surface area contributed by atoms with E-state index >= 15 is 0 Å². The number of alkyl halides is 3. The number of rotatable bonds is 4. The number of piperidine rings is 1. The molecular weight excluding hydrogens is 517 g/mol. The van der Waals surface area contributed by atoms with Crippen molar-refractivity contribution in [3.05, 3.63) is 69.2 Å². The lowest BCUT2D eigenvalue weighted by Gasteiger charge is -2.33. The first-order valence-corrected chi connectivity index (χ1v) is 12.3. The number of aliphatic hydroxyl groups is 1. The van der Waals surface area contributed by atoms with Crippen molar-refractivity contribution in [1.29, 1.82) is 0 Å². The van der Waals surface area contributed by atoms with Gasteiger partial charge in [-0.3, -0.25) is 19.6 Å². The summed E-state index contributed by atoms with van der Waals surface area (Å²) in [5, 5.41) is 20.3. The summed E-state index contributed by atoms with van der Waals surface area (Å²) >= 11 is 6.54. The summed E-state index contributed by atoms with van der Waals surface area (Å²) in [5.41, 5.74) is 0.489. The molecule has 2 saturated heterocycles. The third-order valence-corrected chi connectivity index (χ3v) is 7.58. The smallest absolute Gasteiger partial charge is 0.390 e. The maximum absolute atomic E-state index is 13.9. The molecule has 7 nitrogen and oxygen atoms in total. The minimum atomic E-state index is -4.67.